The van der Waals surface area contributed by atoms with E-state index in [9.17, 15) is 15.0 Å². The molecule has 9 heteroatoms. The molecule has 0 saturated heterocycles. The molecule has 2 fully saturated rings. The van der Waals surface area contributed by atoms with E-state index in [4.69, 9.17) is 9.97 Å². The molecular weight excluding hydrogens is 504 g/mol. The molecule has 2 unspecified atom stereocenters. The van der Waals surface area contributed by atoms with Gasteiger partial charge in [0.1, 0.15) is 12.2 Å². The number of fused-ring (bicyclic) bond motifs is 1. The van der Waals surface area contributed by atoms with Crippen LogP contribution in [0, 0.1) is 24.2 Å². The van der Waals surface area contributed by atoms with Crippen molar-refractivity contribution in [3.8, 4) is 11.8 Å². The highest BCUT2D eigenvalue weighted by molar-refractivity contribution is 6.00. The summed E-state index contributed by atoms with van der Waals surface area (Å²) in [5.41, 5.74) is 3.00. The molecule has 40 heavy (non-hydrogen) atoms. The molecule has 2 aromatic carbocycles. The molecule has 6 rings (SSSR count). The van der Waals surface area contributed by atoms with Crippen molar-refractivity contribution in [2.24, 2.45) is 10.4 Å². The third kappa shape index (κ3) is 4.55. The lowest BCUT2D eigenvalue weighted by molar-refractivity contribution is -0.301. The Morgan fingerprint density at radius 1 is 1.10 bits per heavy atom. The maximum absolute atomic E-state index is 12.6. The predicted octanol–water partition coefficient (Wildman–Crippen LogP) is 2.79. The van der Waals surface area contributed by atoms with Crippen LogP contribution in [0.25, 0.3) is 0 Å². The Balaban J connectivity index is 1.40. The largest absolute Gasteiger partial charge is 0.389 e. The monoisotopic (exact) mass is 535 g/mol. The number of carbonyl (C=O) groups is 1. The third-order valence-electron chi connectivity index (χ3n) is 7.97. The molecule has 1 amide bonds. The van der Waals surface area contributed by atoms with Gasteiger partial charge in [-0.25, -0.2) is 4.58 Å². The minimum absolute atomic E-state index is 0.135. The molecule has 1 aromatic heterocycles. The molecule has 3 aliphatic rings. The van der Waals surface area contributed by atoms with Gasteiger partial charge in [0.25, 0.3) is 11.5 Å². The van der Waals surface area contributed by atoms with Crippen molar-refractivity contribution in [2.45, 2.75) is 50.9 Å². The number of nitrogens with zero attached hydrogens (tertiary/aromatic N) is 4. The number of rotatable bonds is 4. The molecule has 4 N–H and O–H groups in total. The van der Waals surface area contributed by atoms with Gasteiger partial charge in [-0.1, -0.05) is 58.4 Å². The normalized spacial score (nSPS) is 28.0. The van der Waals surface area contributed by atoms with Crippen molar-refractivity contribution < 1.29 is 19.6 Å². The van der Waals surface area contributed by atoms with Crippen molar-refractivity contribution in [1.29, 1.82) is 0 Å². The molecule has 2 heterocycles. The summed E-state index contributed by atoms with van der Waals surface area (Å²) >= 11 is 0. The number of amides is 1. The van der Waals surface area contributed by atoms with Crippen LogP contribution in [-0.4, -0.2) is 68.0 Å². The number of carbonyl (C=O) groups excluding carboxylic acids is 1. The van der Waals surface area contributed by atoms with E-state index in [1.165, 1.54) is 12.6 Å². The van der Waals surface area contributed by atoms with Crippen LogP contribution in [0.3, 0.4) is 0 Å². The molecule has 2 aliphatic carbocycles. The van der Waals surface area contributed by atoms with Crippen LogP contribution in [0.5, 0.6) is 0 Å². The SMILES string of the molecule is CNC(=O)C1(C)CC(=[N+]2C=Nc3c(NC4C[C@H]4c4ccccc4)nc(C#Cc4cccc(C)c4)nc32)[C@H](O)[C@@H]1O. The topological polar surface area (TPSA) is 123 Å². The number of anilines is 1. The Morgan fingerprint density at radius 2 is 1.90 bits per heavy atom. The van der Waals surface area contributed by atoms with Gasteiger partial charge in [-0.05, 0) is 49.4 Å². The maximum atomic E-state index is 12.6. The first kappa shape index (κ1) is 25.9. The second kappa shape index (κ2) is 9.97. The van der Waals surface area contributed by atoms with Crippen LogP contribution in [0.2, 0.25) is 0 Å². The highest BCUT2D eigenvalue weighted by Crippen LogP contribution is 2.46. The summed E-state index contributed by atoms with van der Waals surface area (Å²) in [6.07, 6.45) is 0.116. The number of aliphatic imine (C=N–C) groups is 1. The van der Waals surface area contributed by atoms with Crippen LogP contribution >= 0.6 is 0 Å². The number of aromatic nitrogens is 2. The first-order chi connectivity index (χ1) is 19.3. The van der Waals surface area contributed by atoms with Gasteiger partial charge in [-0.3, -0.25) is 4.79 Å². The Hall–Kier alpha value is -4.39. The quantitative estimate of drug-likeness (QED) is 0.301. The fourth-order valence-corrected chi connectivity index (χ4v) is 5.56. The molecule has 9 nitrogen and oxygen atoms in total. The molecule has 0 spiro atoms. The zero-order chi connectivity index (χ0) is 28.0. The van der Waals surface area contributed by atoms with E-state index in [1.54, 1.807) is 17.8 Å². The third-order valence-corrected chi connectivity index (χ3v) is 7.97. The number of aliphatic hydroxyl groups is 2. The number of aliphatic hydroxyl groups excluding tert-OH is 2. The number of hydrogen-bond acceptors (Lipinski definition) is 7. The number of hydrogen-bond donors (Lipinski definition) is 4. The molecule has 202 valence electrons. The fraction of sp³-hybridized carbons (Fsp3) is 0.323. The van der Waals surface area contributed by atoms with Crippen molar-refractivity contribution in [3.05, 3.63) is 77.1 Å². The average molecular weight is 536 g/mol. The van der Waals surface area contributed by atoms with Gasteiger partial charge in [-0.15, -0.1) is 0 Å². The zero-order valence-corrected chi connectivity index (χ0v) is 22.6. The maximum Gasteiger partial charge on any atom is 0.317 e. The lowest BCUT2D eigenvalue weighted by Crippen LogP contribution is -2.45. The average Bonchev–Trinajstić information content (AvgIpc) is 3.54. The molecular formula is C31H31N6O3+. The number of nitrogens with one attached hydrogen (secondary N) is 2. The molecule has 2 saturated carbocycles. The van der Waals surface area contributed by atoms with Crippen LogP contribution < -0.4 is 10.6 Å². The van der Waals surface area contributed by atoms with Gasteiger partial charge >= 0.3 is 5.82 Å². The minimum Gasteiger partial charge on any atom is -0.389 e. The highest BCUT2D eigenvalue weighted by atomic mass is 16.3. The van der Waals surface area contributed by atoms with E-state index < -0.39 is 17.6 Å². The summed E-state index contributed by atoms with van der Waals surface area (Å²) in [6.45, 7) is 3.65. The van der Waals surface area contributed by atoms with Crippen molar-refractivity contribution in [1.82, 2.24) is 15.3 Å². The number of benzene rings is 2. The first-order valence-electron chi connectivity index (χ1n) is 13.4. The van der Waals surface area contributed by atoms with Crippen molar-refractivity contribution in [3.63, 3.8) is 0 Å². The van der Waals surface area contributed by atoms with Crippen LogP contribution in [0.15, 0.2) is 59.6 Å². The lowest BCUT2D eigenvalue weighted by atomic mass is 9.85. The van der Waals surface area contributed by atoms with Crippen LogP contribution in [-0.2, 0) is 4.79 Å². The predicted molar refractivity (Wildman–Crippen MR) is 152 cm³/mol. The second-order valence-corrected chi connectivity index (χ2v) is 10.9. The van der Waals surface area contributed by atoms with Crippen molar-refractivity contribution in [2.75, 3.05) is 12.4 Å². The molecule has 0 bridgehead atoms. The summed E-state index contributed by atoms with van der Waals surface area (Å²) in [7, 11) is 1.52. The summed E-state index contributed by atoms with van der Waals surface area (Å²) in [4.78, 5) is 26.7. The zero-order valence-electron chi connectivity index (χ0n) is 22.6. The molecule has 0 radical (unpaired) electrons. The van der Waals surface area contributed by atoms with Crippen LogP contribution in [0.1, 0.15) is 48.2 Å². The molecule has 5 atom stereocenters. The minimum atomic E-state index is -1.28. The Bertz CT molecular complexity index is 1620. The second-order valence-electron chi connectivity index (χ2n) is 10.9. The fourth-order valence-electron chi connectivity index (χ4n) is 5.56. The standard InChI is InChI=1S/C31H30N6O3/c1-18-8-7-9-19(14-18)12-13-24-35-28(34-22-15-21(22)20-10-5-4-6-11-20)25-29(36-24)37(17-33-25)23-16-31(2,30(40)32-3)27(39)26(23)38/h4-11,14,17,21-22,26-27,38-39H,15-16H2,1-3H3,(H-,32,34,35,36,40)/p+1/t21-,22?,26-,27-,31?/m0/s1. The molecule has 3 aromatic rings. The van der Waals surface area contributed by atoms with Gasteiger partial charge < -0.3 is 20.8 Å². The van der Waals surface area contributed by atoms with E-state index in [0.717, 1.165) is 17.5 Å². The van der Waals surface area contributed by atoms with E-state index >= 15 is 0 Å². The van der Waals surface area contributed by atoms with Gasteiger partial charge in [0.2, 0.25) is 12.2 Å². The number of aryl methyl sites for hydroxylation is 1. The van der Waals surface area contributed by atoms with E-state index in [2.05, 4.69) is 39.6 Å². The van der Waals surface area contributed by atoms with Gasteiger partial charge in [-0.2, -0.15) is 4.98 Å². The Labute approximate surface area is 232 Å². The first-order valence-corrected chi connectivity index (χ1v) is 13.4. The lowest BCUT2D eigenvalue weighted by Gasteiger charge is -2.25. The summed E-state index contributed by atoms with van der Waals surface area (Å²) in [6, 6.07) is 18.4. The Kier molecular flexibility index (Phi) is 6.45. The Morgan fingerprint density at radius 3 is 2.65 bits per heavy atom. The summed E-state index contributed by atoms with van der Waals surface area (Å²) in [5.74, 6) is 7.57. The van der Waals surface area contributed by atoms with Gasteiger partial charge in [0.15, 0.2) is 5.82 Å². The van der Waals surface area contributed by atoms with E-state index in [1.807, 2.05) is 49.4 Å². The molecule has 1 aliphatic heterocycles. The summed E-state index contributed by atoms with van der Waals surface area (Å²) in [5, 5.41) is 28.0. The highest BCUT2D eigenvalue weighted by Gasteiger charge is 2.54. The van der Waals surface area contributed by atoms with E-state index in [0.29, 0.717) is 34.8 Å². The van der Waals surface area contributed by atoms with E-state index in [-0.39, 0.29) is 18.4 Å². The van der Waals surface area contributed by atoms with Gasteiger partial charge in [0, 0.05) is 31.0 Å². The van der Waals surface area contributed by atoms with Gasteiger partial charge in [0.05, 0.1) is 11.1 Å². The smallest absolute Gasteiger partial charge is 0.317 e. The summed E-state index contributed by atoms with van der Waals surface area (Å²) < 4.78 is 1.66. The van der Waals surface area contributed by atoms with Crippen molar-refractivity contribution >= 4 is 35.3 Å². The van der Waals surface area contributed by atoms with Crippen LogP contribution in [0.4, 0.5) is 17.3 Å².